The number of ether oxygens (including phenoxy) is 3. The minimum atomic E-state index is -0.566. The summed E-state index contributed by atoms with van der Waals surface area (Å²) in [5.41, 5.74) is 1.38. The second-order valence-corrected chi connectivity index (χ2v) is 7.69. The highest BCUT2D eigenvalue weighted by molar-refractivity contribution is 5.71. The highest BCUT2D eigenvalue weighted by atomic mass is 16.6. The van der Waals surface area contributed by atoms with Crippen molar-refractivity contribution in [2.24, 2.45) is 0 Å². The van der Waals surface area contributed by atoms with Gasteiger partial charge in [0.2, 0.25) is 0 Å². The van der Waals surface area contributed by atoms with E-state index in [2.05, 4.69) is 5.32 Å². The molecule has 2 aromatic rings. The van der Waals surface area contributed by atoms with Crippen molar-refractivity contribution < 1.29 is 23.8 Å². The molecule has 6 nitrogen and oxygen atoms in total. The van der Waals surface area contributed by atoms with Gasteiger partial charge in [-0.25, -0.2) is 9.59 Å². The molecule has 0 fully saturated rings. The molecule has 0 radical (unpaired) electrons. The first-order valence-corrected chi connectivity index (χ1v) is 9.62. The second-order valence-electron chi connectivity index (χ2n) is 7.69. The van der Waals surface area contributed by atoms with Crippen LogP contribution >= 0.6 is 0 Å². The summed E-state index contributed by atoms with van der Waals surface area (Å²) in [5.74, 6) is -0.442. The molecule has 156 valence electrons. The van der Waals surface area contributed by atoms with E-state index in [-0.39, 0.29) is 25.9 Å². The smallest absolute Gasteiger partial charge is 0.407 e. The molecule has 0 aliphatic rings. The topological polar surface area (TPSA) is 73.9 Å². The average Bonchev–Trinajstić information content (AvgIpc) is 2.66. The van der Waals surface area contributed by atoms with E-state index < -0.39 is 17.7 Å². The Morgan fingerprint density at radius 1 is 0.931 bits per heavy atom. The van der Waals surface area contributed by atoms with Gasteiger partial charge < -0.3 is 19.5 Å². The van der Waals surface area contributed by atoms with Gasteiger partial charge in [0.05, 0.1) is 12.6 Å². The first kappa shape index (κ1) is 22.4. The first-order chi connectivity index (χ1) is 13.8. The van der Waals surface area contributed by atoms with Gasteiger partial charge in [-0.3, -0.25) is 0 Å². The van der Waals surface area contributed by atoms with E-state index in [9.17, 15) is 9.59 Å². The number of alkyl carbamates (subject to hydrolysis) is 1. The Hall–Kier alpha value is -2.86. The van der Waals surface area contributed by atoms with E-state index in [0.29, 0.717) is 6.42 Å². The molecule has 0 aliphatic carbocycles. The molecular formula is C23H29NO5. The third-order valence-electron chi connectivity index (χ3n) is 3.82. The molecule has 2 rings (SSSR count). The molecule has 2 aromatic carbocycles. The summed E-state index contributed by atoms with van der Waals surface area (Å²) >= 11 is 0. The van der Waals surface area contributed by atoms with Crippen LogP contribution in [0.15, 0.2) is 60.7 Å². The van der Waals surface area contributed by atoms with Gasteiger partial charge in [-0.1, -0.05) is 60.7 Å². The van der Waals surface area contributed by atoms with Crippen LogP contribution < -0.4 is 5.32 Å². The molecule has 0 aromatic heterocycles. The normalized spacial score (nSPS) is 12.1. The van der Waals surface area contributed by atoms with E-state index in [1.165, 1.54) is 0 Å². The monoisotopic (exact) mass is 399 g/mol. The minimum Gasteiger partial charge on any atom is -0.458 e. The Morgan fingerprint density at radius 2 is 1.52 bits per heavy atom. The van der Waals surface area contributed by atoms with E-state index in [4.69, 9.17) is 14.2 Å². The summed E-state index contributed by atoms with van der Waals surface area (Å²) in [4.78, 5) is 24.0. The highest BCUT2D eigenvalue weighted by Gasteiger charge is 2.18. The molecule has 29 heavy (non-hydrogen) atoms. The Labute approximate surface area is 172 Å². The fourth-order valence-electron chi connectivity index (χ4n) is 2.64. The molecule has 0 unspecified atom stereocenters. The largest absolute Gasteiger partial charge is 0.458 e. The Balaban J connectivity index is 1.86. The summed E-state index contributed by atoms with van der Waals surface area (Å²) in [6.07, 6.45) is 0.0194. The lowest BCUT2D eigenvalue weighted by atomic mass is 10.1. The van der Waals surface area contributed by atoms with Crippen molar-refractivity contribution in [3.8, 4) is 0 Å². The number of benzene rings is 2. The van der Waals surface area contributed by atoms with Crippen molar-refractivity contribution in [1.29, 1.82) is 0 Å². The standard InChI is InChI=1S/C23H29NO5/c1-23(2,3)29-21(25)17-27-16-20(14-18-10-6-4-7-11-18)24-22(26)28-15-19-12-8-5-9-13-19/h4-13,20H,14-17H2,1-3H3,(H,24,26)/t20-/m0/s1. The van der Waals surface area contributed by atoms with E-state index in [1.807, 2.05) is 60.7 Å². The van der Waals surface area contributed by atoms with Crippen LogP contribution in [-0.2, 0) is 32.0 Å². The van der Waals surface area contributed by atoms with Gasteiger partial charge in [-0.2, -0.15) is 0 Å². The van der Waals surface area contributed by atoms with Crippen molar-refractivity contribution in [3.63, 3.8) is 0 Å². The Bertz CT molecular complexity index is 756. The summed E-state index contributed by atoms with van der Waals surface area (Å²) < 4.78 is 16.0. The van der Waals surface area contributed by atoms with Crippen LogP contribution in [0.25, 0.3) is 0 Å². The zero-order valence-electron chi connectivity index (χ0n) is 17.2. The predicted octanol–water partition coefficient (Wildman–Crippen LogP) is 3.88. The number of carbonyl (C=O) groups is 2. The van der Waals surface area contributed by atoms with Crippen LogP contribution in [0.4, 0.5) is 4.79 Å². The summed E-state index contributed by atoms with van der Waals surface area (Å²) in [7, 11) is 0. The molecule has 0 spiro atoms. The van der Waals surface area contributed by atoms with Gasteiger partial charge in [-0.05, 0) is 38.3 Å². The molecule has 0 aliphatic heterocycles. The van der Waals surface area contributed by atoms with Crippen LogP contribution in [0.2, 0.25) is 0 Å². The first-order valence-electron chi connectivity index (χ1n) is 9.62. The highest BCUT2D eigenvalue weighted by Crippen LogP contribution is 2.08. The van der Waals surface area contributed by atoms with Crippen LogP contribution in [-0.4, -0.2) is 36.9 Å². The summed E-state index contributed by atoms with van der Waals surface area (Å²) in [5, 5.41) is 2.82. The molecule has 0 saturated carbocycles. The zero-order valence-corrected chi connectivity index (χ0v) is 17.2. The maximum absolute atomic E-state index is 12.2. The maximum Gasteiger partial charge on any atom is 0.407 e. The summed E-state index contributed by atoms with van der Waals surface area (Å²) in [6.45, 7) is 5.57. The molecule has 1 amide bonds. The zero-order chi connectivity index (χ0) is 21.1. The number of carbonyl (C=O) groups excluding carboxylic acids is 2. The third kappa shape index (κ3) is 9.76. The van der Waals surface area contributed by atoms with Crippen molar-refractivity contribution in [2.75, 3.05) is 13.2 Å². The SMILES string of the molecule is CC(C)(C)OC(=O)COC[C@H](Cc1ccccc1)NC(=O)OCc1ccccc1. The van der Waals surface area contributed by atoms with E-state index in [1.54, 1.807) is 20.8 Å². The van der Waals surface area contributed by atoms with Crippen molar-refractivity contribution in [2.45, 2.75) is 45.4 Å². The number of hydrogen-bond donors (Lipinski definition) is 1. The van der Waals surface area contributed by atoms with Crippen molar-refractivity contribution >= 4 is 12.1 Å². The molecule has 0 heterocycles. The van der Waals surface area contributed by atoms with Gasteiger partial charge in [-0.15, -0.1) is 0 Å². The lowest BCUT2D eigenvalue weighted by Gasteiger charge is -2.21. The number of rotatable bonds is 9. The average molecular weight is 399 g/mol. The van der Waals surface area contributed by atoms with Crippen LogP contribution in [0.1, 0.15) is 31.9 Å². The number of esters is 1. The van der Waals surface area contributed by atoms with Crippen LogP contribution in [0.5, 0.6) is 0 Å². The van der Waals surface area contributed by atoms with Crippen molar-refractivity contribution in [1.82, 2.24) is 5.32 Å². The minimum absolute atomic E-state index is 0.161. The second kappa shape index (κ2) is 11.2. The van der Waals surface area contributed by atoms with Crippen molar-refractivity contribution in [3.05, 3.63) is 71.8 Å². The lowest BCUT2D eigenvalue weighted by molar-refractivity contribution is -0.160. The van der Waals surface area contributed by atoms with E-state index in [0.717, 1.165) is 11.1 Å². The van der Waals surface area contributed by atoms with Gasteiger partial charge in [0.15, 0.2) is 0 Å². The van der Waals surface area contributed by atoms with Crippen LogP contribution in [0, 0.1) is 0 Å². The quantitative estimate of drug-likeness (QED) is 0.648. The van der Waals surface area contributed by atoms with Gasteiger partial charge in [0.1, 0.15) is 18.8 Å². The molecule has 0 bridgehead atoms. The summed E-state index contributed by atoms with van der Waals surface area (Å²) in [6, 6.07) is 18.8. The number of nitrogens with one attached hydrogen (secondary N) is 1. The number of hydrogen-bond acceptors (Lipinski definition) is 5. The Morgan fingerprint density at radius 3 is 2.10 bits per heavy atom. The Kier molecular flexibility index (Phi) is 8.68. The molecular weight excluding hydrogens is 370 g/mol. The fourth-order valence-corrected chi connectivity index (χ4v) is 2.64. The molecule has 6 heteroatoms. The molecule has 0 saturated heterocycles. The number of amides is 1. The van der Waals surface area contributed by atoms with E-state index >= 15 is 0 Å². The van der Waals surface area contributed by atoms with Gasteiger partial charge in [0, 0.05) is 0 Å². The molecule has 1 N–H and O–H groups in total. The van der Waals surface area contributed by atoms with Gasteiger partial charge in [0.25, 0.3) is 0 Å². The fraction of sp³-hybridized carbons (Fsp3) is 0.391. The van der Waals surface area contributed by atoms with Gasteiger partial charge >= 0.3 is 12.1 Å². The lowest BCUT2D eigenvalue weighted by Crippen LogP contribution is -2.40. The predicted molar refractivity (Wildman–Crippen MR) is 110 cm³/mol. The third-order valence-corrected chi connectivity index (χ3v) is 3.82. The van der Waals surface area contributed by atoms with Crippen LogP contribution in [0.3, 0.4) is 0 Å². The maximum atomic E-state index is 12.2. The molecule has 1 atom stereocenters.